The molecule has 0 atom stereocenters. The zero-order chi connectivity index (χ0) is 19.5. The van der Waals surface area contributed by atoms with Crippen molar-refractivity contribution in [3.63, 3.8) is 0 Å². The quantitative estimate of drug-likeness (QED) is 0.460. The molecule has 28 heavy (non-hydrogen) atoms. The fraction of sp³-hybridized carbons (Fsp3) is 0.0909. The standard InChI is InChI=1S/C22H18ClN3OS/c1-15(16-10-12-17(23)13-11-16)25-24-14-22(27)26-18-6-2-4-8-20(18)28-21-9-5-3-7-19(21)26/h2-13,24H,14H2,1H3/b25-15-. The number of halogens is 1. The molecule has 4 rings (SSSR count). The van der Waals surface area contributed by atoms with E-state index in [1.54, 1.807) is 16.7 Å². The smallest absolute Gasteiger partial charge is 0.252 e. The molecule has 0 radical (unpaired) electrons. The zero-order valence-electron chi connectivity index (χ0n) is 15.2. The molecule has 0 bridgehead atoms. The van der Waals surface area contributed by atoms with Crippen LogP contribution in [0.15, 0.2) is 87.7 Å². The first-order valence-electron chi connectivity index (χ1n) is 8.85. The van der Waals surface area contributed by atoms with Gasteiger partial charge in [0.15, 0.2) is 0 Å². The summed E-state index contributed by atoms with van der Waals surface area (Å²) in [5.74, 6) is -0.0622. The average Bonchev–Trinajstić information content (AvgIpc) is 2.72. The van der Waals surface area contributed by atoms with Crippen molar-refractivity contribution >= 4 is 46.4 Å². The summed E-state index contributed by atoms with van der Waals surface area (Å²) in [6.07, 6.45) is 0. The summed E-state index contributed by atoms with van der Waals surface area (Å²) in [5.41, 5.74) is 6.46. The number of rotatable bonds is 4. The molecule has 4 nitrogen and oxygen atoms in total. The van der Waals surface area contributed by atoms with Crippen molar-refractivity contribution in [1.82, 2.24) is 5.43 Å². The summed E-state index contributed by atoms with van der Waals surface area (Å²) in [6, 6.07) is 23.3. The number of para-hydroxylation sites is 2. The van der Waals surface area contributed by atoms with Crippen molar-refractivity contribution in [2.24, 2.45) is 5.10 Å². The Morgan fingerprint density at radius 3 is 2.14 bits per heavy atom. The third kappa shape index (κ3) is 3.77. The molecule has 0 aliphatic carbocycles. The second-order valence-corrected chi connectivity index (χ2v) is 7.83. The molecule has 0 aromatic heterocycles. The van der Waals surface area contributed by atoms with Crippen molar-refractivity contribution in [2.45, 2.75) is 16.7 Å². The number of hydrogen-bond acceptors (Lipinski definition) is 4. The molecule has 140 valence electrons. The predicted molar refractivity (Wildman–Crippen MR) is 116 cm³/mol. The van der Waals surface area contributed by atoms with Crippen LogP contribution >= 0.6 is 23.4 Å². The minimum Gasteiger partial charge on any atom is -0.300 e. The van der Waals surface area contributed by atoms with E-state index in [9.17, 15) is 4.79 Å². The average molecular weight is 408 g/mol. The molecule has 1 aliphatic rings. The van der Waals surface area contributed by atoms with Crippen molar-refractivity contribution in [1.29, 1.82) is 0 Å². The molecule has 0 spiro atoms. The second-order valence-electron chi connectivity index (χ2n) is 6.31. The van der Waals surface area contributed by atoms with Crippen LogP contribution in [-0.4, -0.2) is 18.2 Å². The minimum atomic E-state index is -0.0622. The molecule has 0 saturated heterocycles. The van der Waals surface area contributed by atoms with Gasteiger partial charge >= 0.3 is 0 Å². The van der Waals surface area contributed by atoms with Gasteiger partial charge in [0, 0.05) is 14.8 Å². The molecule has 0 unspecified atom stereocenters. The first-order valence-corrected chi connectivity index (χ1v) is 10.0. The van der Waals surface area contributed by atoms with E-state index in [0.29, 0.717) is 5.02 Å². The summed E-state index contributed by atoms with van der Waals surface area (Å²) in [6.45, 7) is 1.99. The number of amides is 1. The van der Waals surface area contributed by atoms with E-state index in [2.05, 4.69) is 10.5 Å². The third-order valence-corrected chi connectivity index (χ3v) is 5.80. The summed E-state index contributed by atoms with van der Waals surface area (Å²) in [4.78, 5) is 16.9. The van der Waals surface area contributed by atoms with Crippen LogP contribution in [0.3, 0.4) is 0 Å². The molecule has 0 saturated carbocycles. The fourth-order valence-corrected chi connectivity index (χ4v) is 4.22. The Balaban J connectivity index is 1.54. The molecular weight excluding hydrogens is 390 g/mol. The molecular formula is C22H18ClN3OS. The summed E-state index contributed by atoms with van der Waals surface area (Å²) < 4.78 is 0. The number of anilines is 2. The van der Waals surface area contributed by atoms with Crippen LogP contribution in [0.25, 0.3) is 0 Å². The van der Waals surface area contributed by atoms with E-state index in [-0.39, 0.29) is 12.5 Å². The van der Waals surface area contributed by atoms with Crippen LogP contribution in [0.4, 0.5) is 11.4 Å². The Morgan fingerprint density at radius 2 is 1.54 bits per heavy atom. The van der Waals surface area contributed by atoms with E-state index < -0.39 is 0 Å². The number of fused-ring (bicyclic) bond motifs is 2. The lowest BCUT2D eigenvalue weighted by molar-refractivity contribution is -0.117. The maximum Gasteiger partial charge on any atom is 0.252 e. The highest BCUT2D eigenvalue weighted by atomic mass is 35.5. The van der Waals surface area contributed by atoms with Crippen molar-refractivity contribution in [2.75, 3.05) is 11.4 Å². The van der Waals surface area contributed by atoms with Gasteiger partial charge in [0.05, 0.1) is 17.1 Å². The third-order valence-electron chi connectivity index (χ3n) is 4.42. The van der Waals surface area contributed by atoms with Crippen molar-refractivity contribution in [3.05, 3.63) is 83.4 Å². The zero-order valence-corrected chi connectivity index (χ0v) is 16.8. The summed E-state index contributed by atoms with van der Waals surface area (Å²) >= 11 is 7.60. The van der Waals surface area contributed by atoms with Crippen LogP contribution in [0.5, 0.6) is 0 Å². The van der Waals surface area contributed by atoms with Gasteiger partial charge in [0.1, 0.15) is 6.54 Å². The number of carbonyl (C=O) groups excluding carboxylic acids is 1. The monoisotopic (exact) mass is 407 g/mol. The van der Waals surface area contributed by atoms with E-state index in [4.69, 9.17) is 11.6 Å². The maximum absolute atomic E-state index is 13.1. The molecule has 1 amide bonds. The Bertz CT molecular complexity index is 1000. The van der Waals surface area contributed by atoms with Gasteiger partial charge in [-0.05, 0) is 48.9 Å². The maximum atomic E-state index is 13.1. The lowest BCUT2D eigenvalue weighted by atomic mass is 10.1. The van der Waals surface area contributed by atoms with Crippen LogP contribution in [0.1, 0.15) is 12.5 Å². The van der Waals surface area contributed by atoms with Crippen molar-refractivity contribution < 1.29 is 4.79 Å². The van der Waals surface area contributed by atoms with E-state index >= 15 is 0 Å². The van der Waals surface area contributed by atoms with Crippen LogP contribution < -0.4 is 10.3 Å². The van der Waals surface area contributed by atoms with Crippen LogP contribution in [0.2, 0.25) is 5.02 Å². The molecule has 6 heteroatoms. The molecule has 3 aromatic rings. The summed E-state index contributed by atoms with van der Waals surface area (Å²) in [5, 5.41) is 5.02. The SMILES string of the molecule is C/C(=N/NCC(=O)N1c2ccccc2Sc2ccccc21)c1ccc(Cl)cc1. The Labute approximate surface area is 173 Å². The predicted octanol–water partition coefficient (Wildman–Crippen LogP) is 5.48. The van der Waals surface area contributed by atoms with Gasteiger partial charge < -0.3 is 5.43 Å². The highest BCUT2D eigenvalue weighted by molar-refractivity contribution is 7.99. The largest absolute Gasteiger partial charge is 0.300 e. The number of hydrazone groups is 1. The molecule has 0 fully saturated rings. The van der Waals surface area contributed by atoms with Crippen LogP contribution in [-0.2, 0) is 4.79 Å². The van der Waals surface area contributed by atoms with E-state index in [1.165, 1.54) is 0 Å². The number of carbonyl (C=O) groups is 1. The van der Waals surface area contributed by atoms with Gasteiger partial charge in [-0.15, -0.1) is 0 Å². The van der Waals surface area contributed by atoms with Gasteiger partial charge in [0.2, 0.25) is 0 Å². The molecule has 1 heterocycles. The van der Waals surface area contributed by atoms with Gasteiger partial charge in [-0.1, -0.05) is 59.8 Å². The highest BCUT2D eigenvalue weighted by Crippen LogP contribution is 2.47. The normalized spacial score (nSPS) is 12.9. The highest BCUT2D eigenvalue weighted by Gasteiger charge is 2.27. The fourth-order valence-electron chi connectivity index (χ4n) is 3.03. The van der Waals surface area contributed by atoms with Gasteiger partial charge in [-0.25, -0.2) is 0 Å². The lowest BCUT2D eigenvalue weighted by Crippen LogP contribution is -2.35. The Kier molecular flexibility index (Phi) is 5.37. The molecule has 1 aliphatic heterocycles. The topological polar surface area (TPSA) is 44.7 Å². The minimum absolute atomic E-state index is 0.0622. The summed E-state index contributed by atoms with van der Waals surface area (Å²) in [7, 11) is 0. The Morgan fingerprint density at radius 1 is 0.964 bits per heavy atom. The second kappa shape index (κ2) is 8.09. The first-order chi connectivity index (χ1) is 13.6. The number of hydrogen-bond donors (Lipinski definition) is 1. The Hall–Kier alpha value is -2.76. The van der Waals surface area contributed by atoms with Gasteiger partial charge in [0.25, 0.3) is 5.91 Å². The number of nitrogens with one attached hydrogen (secondary N) is 1. The number of benzene rings is 3. The molecule has 1 N–H and O–H groups in total. The van der Waals surface area contributed by atoms with Gasteiger partial charge in [-0.2, -0.15) is 5.10 Å². The number of nitrogens with zero attached hydrogens (tertiary/aromatic N) is 2. The van der Waals surface area contributed by atoms with E-state index in [1.807, 2.05) is 79.7 Å². The van der Waals surface area contributed by atoms with E-state index in [0.717, 1.165) is 32.4 Å². The van der Waals surface area contributed by atoms with Crippen molar-refractivity contribution in [3.8, 4) is 0 Å². The lowest BCUT2D eigenvalue weighted by Gasteiger charge is -2.30. The first kappa shape index (κ1) is 18.6. The molecule has 3 aromatic carbocycles. The van der Waals surface area contributed by atoms with Gasteiger partial charge in [-0.3, -0.25) is 9.69 Å². The van der Waals surface area contributed by atoms with Crippen LogP contribution in [0, 0.1) is 0 Å².